The lowest BCUT2D eigenvalue weighted by Crippen LogP contribution is -2.27. The Kier molecular flexibility index (Phi) is 3.46. The summed E-state index contributed by atoms with van der Waals surface area (Å²) in [5.74, 6) is 1.64. The molecule has 1 atom stereocenters. The Morgan fingerprint density at radius 3 is 2.84 bits per heavy atom. The van der Waals surface area contributed by atoms with Gasteiger partial charge in [-0.15, -0.1) is 0 Å². The second kappa shape index (κ2) is 5.40. The Morgan fingerprint density at radius 1 is 1.26 bits per heavy atom. The van der Waals surface area contributed by atoms with Crippen LogP contribution < -0.4 is 5.32 Å². The lowest BCUT2D eigenvalue weighted by Gasteiger charge is -2.19. The van der Waals surface area contributed by atoms with E-state index >= 15 is 0 Å². The number of hydrogen-bond donors (Lipinski definition) is 2. The third-order valence-electron chi connectivity index (χ3n) is 3.39. The number of phenols is 1. The summed E-state index contributed by atoms with van der Waals surface area (Å²) in [7, 11) is 0. The first kappa shape index (κ1) is 12.2. The maximum Gasteiger partial charge on any atom is 0.243 e. The lowest BCUT2D eigenvalue weighted by molar-refractivity contribution is 0.296. The maximum absolute atomic E-state index is 9.24. The van der Waals surface area contributed by atoms with E-state index in [-0.39, 0.29) is 11.8 Å². The Hall–Kier alpha value is -1.88. The van der Waals surface area contributed by atoms with E-state index in [4.69, 9.17) is 4.52 Å². The normalized spacial score (nSPS) is 19.5. The monoisotopic (exact) mass is 259 g/mol. The van der Waals surface area contributed by atoms with Gasteiger partial charge in [-0.25, -0.2) is 0 Å². The summed E-state index contributed by atoms with van der Waals surface area (Å²) < 4.78 is 5.33. The molecule has 2 aromatic rings. The summed E-state index contributed by atoms with van der Waals surface area (Å²) >= 11 is 0. The number of aromatic hydroxyl groups is 1. The van der Waals surface area contributed by atoms with Gasteiger partial charge in [0.2, 0.25) is 5.89 Å². The van der Waals surface area contributed by atoms with Crippen LogP contribution in [0.3, 0.4) is 0 Å². The molecule has 3 rings (SSSR count). The van der Waals surface area contributed by atoms with Crippen LogP contribution in [-0.4, -0.2) is 21.8 Å². The number of hydrogen-bond acceptors (Lipinski definition) is 5. The number of rotatable bonds is 3. The molecule has 0 amide bonds. The van der Waals surface area contributed by atoms with Crippen molar-refractivity contribution >= 4 is 0 Å². The maximum atomic E-state index is 9.24. The van der Waals surface area contributed by atoms with Gasteiger partial charge in [0, 0.05) is 6.42 Å². The molecule has 0 saturated carbocycles. The van der Waals surface area contributed by atoms with Crippen molar-refractivity contribution in [2.75, 3.05) is 6.54 Å². The first-order valence-corrected chi connectivity index (χ1v) is 6.65. The van der Waals surface area contributed by atoms with E-state index in [0.717, 1.165) is 18.5 Å². The number of phenolic OH excluding ortho intramolecular Hbond substituents is 1. The molecular formula is C14H17N3O2. The summed E-state index contributed by atoms with van der Waals surface area (Å²) in [4.78, 5) is 4.45. The van der Waals surface area contributed by atoms with Gasteiger partial charge in [-0.2, -0.15) is 4.98 Å². The Morgan fingerprint density at radius 2 is 2.11 bits per heavy atom. The Balaban J connectivity index is 1.68. The van der Waals surface area contributed by atoms with Crippen LogP contribution in [0.25, 0.3) is 0 Å². The molecule has 1 saturated heterocycles. The Bertz CT molecular complexity index is 530. The van der Waals surface area contributed by atoms with Crippen LogP contribution in [0.4, 0.5) is 0 Å². The fraction of sp³-hybridized carbons (Fsp3) is 0.429. The van der Waals surface area contributed by atoms with E-state index in [1.165, 1.54) is 12.8 Å². The minimum Gasteiger partial charge on any atom is -0.508 e. The molecule has 1 aromatic heterocycles. The highest BCUT2D eigenvalue weighted by Crippen LogP contribution is 2.21. The van der Waals surface area contributed by atoms with E-state index in [2.05, 4.69) is 15.5 Å². The van der Waals surface area contributed by atoms with E-state index in [9.17, 15) is 5.11 Å². The summed E-state index contributed by atoms with van der Waals surface area (Å²) in [6.07, 6.45) is 4.09. The van der Waals surface area contributed by atoms with Gasteiger partial charge in [0.15, 0.2) is 5.82 Å². The van der Waals surface area contributed by atoms with Crippen molar-refractivity contribution in [1.29, 1.82) is 0 Å². The number of nitrogens with one attached hydrogen (secondary N) is 1. The van der Waals surface area contributed by atoms with Gasteiger partial charge in [-0.3, -0.25) is 0 Å². The zero-order chi connectivity index (χ0) is 13.1. The van der Waals surface area contributed by atoms with Crippen LogP contribution in [0.5, 0.6) is 5.75 Å². The number of aromatic nitrogens is 2. The summed E-state index contributed by atoms with van der Waals surface area (Å²) in [6.45, 7) is 1.01. The molecule has 0 unspecified atom stereocenters. The minimum atomic E-state index is 0.204. The highest BCUT2D eigenvalue weighted by Gasteiger charge is 2.20. The van der Waals surface area contributed by atoms with Crippen LogP contribution in [-0.2, 0) is 6.42 Å². The van der Waals surface area contributed by atoms with Gasteiger partial charge in [0.1, 0.15) is 5.75 Å². The van der Waals surface area contributed by atoms with Gasteiger partial charge in [-0.05, 0) is 37.1 Å². The highest BCUT2D eigenvalue weighted by atomic mass is 16.5. The van der Waals surface area contributed by atoms with Crippen molar-refractivity contribution in [3.05, 3.63) is 41.5 Å². The summed E-state index contributed by atoms with van der Waals surface area (Å²) in [5, 5.41) is 16.7. The second-order valence-corrected chi connectivity index (χ2v) is 4.89. The third-order valence-corrected chi connectivity index (χ3v) is 3.39. The van der Waals surface area contributed by atoms with Gasteiger partial charge in [0.25, 0.3) is 0 Å². The molecule has 2 heterocycles. The molecule has 2 N–H and O–H groups in total. The van der Waals surface area contributed by atoms with Gasteiger partial charge in [-0.1, -0.05) is 23.7 Å². The third kappa shape index (κ3) is 2.93. The van der Waals surface area contributed by atoms with E-state index in [1.54, 1.807) is 12.1 Å². The lowest BCUT2D eigenvalue weighted by atomic mass is 10.1. The van der Waals surface area contributed by atoms with Gasteiger partial charge < -0.3 is 14.9 Å². The topological polar surface area (TPSA) is 71.2 Å². The van der Waals surface area contributed by atoms with Crippen LogP contribution in [0.15, 0.2) is 28.8 Å². The molecule has 1 aliphatic heterocycles. The molecule has 5 heteroatoms. The smallest absolute Gasteiger partial charge is 0.243 e. The zero-order valence-electron chi connectivity index (χ0n) is 10.7. The van der Waals surface area contributed by atoms with Crippen LogP contribution in [0.2, 0.25) is 0 Å². The van der Waals surface area contributed by atoms with Crippen molar-refractivity contribution in [2.45, 2.75) is 31.7 Å². The molecule has 0 bridgehead atoms. The quantitative estimate of drug-likeness (QED) is 0.884. The van der Waals surface area contributed by atoms with Crippen molar-refractivity contribution in [2.24, 2.45) is 0 Å². The molecule has 0 radical (unpaired) electrons. The second-order valence-electron chi connectivity index (χ2n) is 4.89. The number of piperidine rings is 1. The Labute approximate surface area is 111 Å². The molecule has 0 spiro atoms. The first-order chi connectivity index (χ1) is 9.31. The summed E-state index contributed by atoms with van der Waals surface area (Å²) in [5.41, 5.74) is 1.06. The van der Waals surface area contributed by atoms with Crippen molar-refractivity contribution in [3.8, 4) is 5.75 Å². The van der Waals surface area contributed by atoms with E-state index in [0.29, 0.717) is 18.1 Å². The standard InChI is InChI=1S/C14H17N3O2/c18-11-6-4-10(5-7-11)9-13-16-14(19-17-13)12-3-1-2-8-15-12/h4-7,12,15,18H,1-3,8-9H2/t12-/m0/s1. The average Bonchev–Trinajstić information content (AvgIpc) is 2.91. The molecular weight excluding hydrogens is 242 g/mol. The predicted octanol–water partition coefficient (Wildman–Crippen LogP) is 2.18. The fourth-order valence-electron chi connectivity index (χ4n) is 2.34. The van der Waals surface area contributed by atoms with Crippen LogP contribution in [0, 0.1) is 0 Å². The molecule has 1 aromatic carbocycles. The van der Waals surface area contributed by atoms with Crippen LogP contribution >= 0.6 is 0 Å². The SMILES string of the molecule is Oc1ccc(Cc2noc([C@@H]3CCCCN3)n2)cc1. The van der Waals surface area contributed by atoms with Crippen molar-refractivity contribution in [3.63, 3.8) is 0 Å². The minimum absolute atomic E-state index is 0.204. The van der Waals surface area contributed by atoms with E-state index < -0.39 is 0 Å². The predicted molar refractivity (Wildman–Crippen MR) is 69.8 cm³/mol. The molecule has 1 fully saturated rings. The number of benzene rings is 1. The first-order valence-electron chi connectivity index (χ1n) is 6.65. The summed E-state index contributed by atoms with van der Waals surface area (Å²) in [6, 6.07) is 7.27. The van der Waals surface area contributed by atoms with Gasteiger partial charge >= 0.3 is 0 Å². The highest BCUT2D eigenvalue weighted by molar-refractivity contribution is 5.27. The largest absolute Gasteiger partial charge is 0.508 e. The van der Waals surface area contributed by atoms with Crippen LogP contribution in [0.1, 0.15) is 42.6 Å². The average molecular weight is 259 g/mol. The fourth-order valence-corrected chi connectivity index (χ4v) is 2.34. The molecule has 5 nitrogen and oxygen atoms in total. The number of nitrogens with zero attached hydrogens (tertiary/aromatic N) is 2. The molecule has 1 aliphatic rings. The van der Waals surface area contributed by atoms with E-state index in [1.807, 2.05) is 12.1 Å². The van der Waals surface area contributed by atoms with Crippen molar-refractivity contribution < 1.29 is 9.63 Å². The molecule has 100 valence electrons. The molecule has 0 aliphatic carbocycles. The van der Waals surface area contributed by atoms with Gasteiger partial charge in [0.05, 0.1) is 6.04 Å². The zero-order valence-corrected chi connectivity index (χ0v) is 10.7. The molecule has 19 heavy (non-hydrogen) atoms. The van der Waals surface area contributed by atoms with Crippen molar-refractivity contribution in [1.82, 2.24) is 15.5 Å².